The lowest BCUT2D eigenvalue weighted by Crippen LogP contribution is -2.28. The molecule has 108 valence electrons. The molecule has 1 saturated heterocycles. The number of benzene rings is 1. The molecule has 1 fully saturated rings. The quantitative estimate of drug-likeness (QED) is 0.929. The molecule has 1 aromatic heterocycles. The van der Waals surface area contributed by atoms with Crippen LogP contribution in [0.15, 0.2) is 18.2 Å². The average molecular weight is 271 g/mol. The first-order chi connectivity index (χ1) is 9.65. The number of rotatable bonds is 3. The Balaban J connectivity index is 1.86. The molecular formula is C17H25N3. The van der Waals surface area contributed by atoms with Crippen molar-refractivity contribution in [3.8, 4) is 0 Å². The van der Waals surface area contributed by atoms with Crippen LogP contribution in [-0.4, -0.2) is 22.6 Å². The van der Waals surface area contributed by atoms with Gasteiger partial charge in [0.15, 0.2) is 0 Å². The minimum atomic E-state index is 0.472. The van der Waals surface area contributed by atoms with Crippen LogP contribution < -0.4 is 5.32 Å². The van der Waals surface area contributed by atoms with Gasteiger partial charge in [0.05, 0.1) is 11.0 Å². The highest BCUT2D eigenvalue weighted by molar-refractivity contribution is 5.77. The largest absolute Gasteiger partial charge is 0.331 e. The highest BCUT2D eigenvalue weighted by atomic mass is 15.1. The van der Waals surface area contributed by atoms with E-state index < -0.39 is 0 Å². The Labute approximate surface area is 121 Å². The molecule has 1 aliphatic heterocycles. The van der Waals surface area contributed by atoms with E-state index in [4.69, 9.17) is 4.98 Å². The van der Waals surface area contributed by atoms with E-state index in [1.807, 2.05) is 0 Å². The van der Waals surface area contributed by atoms with Crippen LogP contribution in [-0.2, 0) is 13.5 Å². The third kappa shape index (κ3) is 2.59. The van der Waals surface area contributed by atoms with E-state index in [0.717, 1.165) is 11.4 Å². The average Bonchev–Trinajstić information content (AvgIpc) is 2.77. The van der Waals surface area contributed by atoms with E-state index in [2.05, 4.69) is 49.0 Å². The summed E-state index contributed by atoms with van der Waals surface area (Å²) in [7, 11) is 2.12. The normalized spacial score (nSPS) is 17.2. The number of nitrogens with one attached hydrogen (secondary N) is 1. The number of aryl methyl sites for hydroxylation is 1. The van der Waals surface area contributed by atoms with E-state index in [9.17, 15) is 0 Å². The lowest BCUT2D eigenvalue weighted by molar-refractivity contribution is 0.373. The Bertz CT molecular complexity index is 592. The number of hydrogen-bond acceptors (Lipinski definition) is 2. The van der Waals surface area contributed by atoms with Crippen LogP contribution in [0.3, 0.4) is 0 Å². The molecule has 0 spiro atoms. The molecule has 1 aliphatic rings. The molecule has 2 heterocycles. The third-order valence-electron chi connectivity index (χ3n) is 4.48. The van der Waals surface area contributed by atoms with Crippen LogP contribution in [0.2, 0.25) is 0 Å². The van der Waals surface area contributed by atoms with Crippen molar-refractivity contribution in [3.63, 3.8) is 0 Å². The zero-order valence-corrected chi connectivity index (χ0v) is 12.8. The molecular weight excluding hydrogens is 246 g/mol. The molecule has 20 heavy (non-hydrogen) atoms. The van der Waals surface area contributed by atoms with Crippen molar-refractivity contribution in [2.24, 2.45) is 13.0 Å². The second-order valence-corrected chi connectivity index (χ2v) is 6.40. The Hall–Kier alpha value is -1.35. The van der Waals surface area contributed by atoms with E-state index >= 15 is 0 Å². The van der Waals surface area contributed by atoms with Crippen molar-refractivity contribution in [2.75, 3.05) is 13.1 Å². The fourth-order valence-corrected chi connectivity index (χ4v) is 3.33. The van der Waals surface area contributed by atoms with Crippen molar-refractivity contribution in [1.82, 2.24) is 14.9 Å². The lowest BCUT2D eigenvalue weighted by atomic mass is 9.91. The fourth-order valence-electron chi connectivity index (χ4n) is 3.33. The van der Waals surface area contributed by atoms with Gasteiger partial charge in [-0.25, -0.2) is 4.98 Å². The predicted octanol–water partition coefficient (Wildman–Crippen LogP) is 3.24. The molecule has 0 amide bonds. The minimum Gasteiger partial charge on any atom is -0.331 e. The van der Waals surface area contributed by atoms with Crippen LogP contribution in [0.25, 0.3) is 11.0 Å². The summed E-state index contributed by atoms with van der Waals surface area (Å²) >= 11 is 0. The second kappa shape index (κ2) is 5.57. The van der Waals surface area contributed by atoms with Gasteiger partial charge in [0.25, 0.3) is 0 Å². The summed E-state index contributed by atoms with van der Waals surface area (Å²) in [5, 5.41) is 3.44. The Kier molecular flexibility index (Phi) is 3.79. The standard InChI is InChI=1S/C17H25N3/c1-12(2)17-19-15-11-14(4-5-16(15)20(17)3)10-13-6-8-18-9-7-13/h4-5,11-13,18H,6-10H2,1-3H3. The summed E-state index contributed by atoms with van der Waals surface area (Å²) in [5.41, 5.74) is 3.85. The number of nitrogens with zero attached hydrogens (tertiary/aromatic N) is 2. The van der Waals surface area contributed by atoms with Crippen LogP contribution in [0.1, 0.15) is 44.0 Å². The SMILES string of the molecule is CC(C)c1nc2cc(CC3CCNCC3)ccc2n1C. The van der Waals surface area contributed by atoms with Crippen molar-refractivity contribution >= 4 is 11.0 Å². The highest BCUT2D eigenvalue weighted by Gasteiger charge is 2.15. The maximum absolute atomic E-state index is 4.82. The molecule has 0 bridgehead atoms. The van der Waals surface area contributed by atoms with Crippen LogP contribution in [0.4, 0.5) is 0 Å². The van der Waals surface area contributed by atoms with Gasteiger partial charge in [-0.2, -0.15) is 0 Å². The lowest BCUT2D eigenvalue weighted by Gasteiger charge is -2.22. The van der Waals surface area contributed by atoms with E-state index in [1.54, 1.807) is 0 Å². The molecule has 2 aromatic rings. The van der Waals surface area contributed by atoms with E-state index in [1.165, 1.54) is 49.3 Å². The van der Waals surface area contributed by atoms with Gasteiger partial charge in [-0.15, -0.1) is 0 Å². The van der Waals surface area contributed by atoms with Gasteiger partial charge in [-0.3, -0.25) is 0 Å². The van der Waals surface area contributed by atoms with Crippen molar-refractivity contribution < 1.29 is 0 Å². The Morgan fingerprint density at radius 1 is 1.30 bits per heavy atom. The van der Waals surface area contributed by atoms with Gasteiger partial charge in [0.1, 0.15) is 5.82 Å². The molecule has 1 aromatic carbocycles. The third-order valence-corrected chi connectivity index (χ3v) is 4.48. The predicted molar refractivity (Wildman–Crippen MR) is 84.1 cm³/mol. The summed E-state index contributed by atoms with van der Waals surface area (Å²) < 4.78 is 2.23. The second-order valence-electron chi connectivity index (χ2n) is 6.40. The molecule has 0 radical (unpaired) electrons. The topological polar surface area (TPSA) is 29.9 Å². The molecule has 0 saturated carbocycles. The maximum atomic E-state index is 4.82. The summed E-state index contributed by atoms with van der Waals surface area (Å²) in [6.07, 6.45) is 3.81. The van der Waals surface area contributed by atoms with Crippen LogP contribution in [0.5, 0.6) is 0 Å². The first kappa shape index (κ1) is 13.6. The molecule has 3 heteroatoms. The summed E-state index contributed by atoms with van der Waals surface area (Å²) in [6.45, 7) is 6.76. The number of aromatic nitrogens is 2. The van der Waals surface area contributed by atoms with Gasteiger partial charge >= 0.3 is 0 Å². The molecule has 1 N–H and O–H groups in total. The zero-order chi connectivity index (χ0) is 14.1. The first-order valence-corrected chi connectivity index (χ1v) is 7.81. The fraction of sp³-hybridized carbons (Fsp3) is 0.588. The van der Waals surface area contributed by atoms with Gasteiger partial charge < -0.3 is 9.88 Å². The van der Waals surface area contributed by atoms with Crippen molar-refractivity contribution in [2.45, 2.75) is 39.0 Å². The smallest absolute Gasteiger partial charge is 0.112 e. The summed E-state index contributed by atoms with van der Waals surface area (Å²) in [5.74, 6) is 2.49. The molecule has 3 nitrogen and oxygen atoms in total. The van der Waals surface area contributed by atoms with Crippen LogP contribution >= 0.6 is 0 Å². The van der Waals surface area contributed by atoms with Gasteiger partial charge in [-0.1, -0.05) is 19.9 Å². The van der Waals surface area contributed by atoms with Crippen molar-refractivity contribution in [3.05, 3.63) is 29.6 Å². The van der Waals surface area contributed by atoms with Gasteiger partial charge in [-0.05, 0) is 56.0 Å². The van der Waals surface area contributed by atoms with E-state index in [0.29, 0.717) is 5.92 Å². The number of piperidine rings is 1. The van der Waals surface area contributed by atoms with Gasteiger partial charge in [0.2, 0.25) is 0 Å². The number of hydrogen-bond donors (Lipinski definition) is 1. The Morgan fingerprint density at radius 2 is 2.05 bits per heavy atom. The molecule has 0 unspecified atom stereocenters. The summed E-state index contributed by atoms with van der Waals surface area (Å²) in [6, 6.07) is 6.82. The highest BCUT2D eigenvalue weighted by Crippen LogP contribution is 2.24. The molecule has 3 rings (SSSR count). The monoisotopic (exact) mass is 271 g/mol. The molecule has 0 atom stereocenters. The maximum Gasteiger partial charge on any atom is 0.112 e. The van der Waals surface area contributed by atoms with Crippen molar-refractivity contribution in [1.29, 1.82) is 0 Å². The van der Waals surface area contributed by atoms with Crippen LogP contribution in [0, 0.1) is 5.92 Å². The zero-order valence-electron chi connectivity index (χ0n) is 12.8. The minimum absolute atomic E-state index is 0.472. The Morgan fingerprint density at radius 3 is 2.75 bits per heavy atom. The molecule has 0 aliphatic carbocycles. The number of imidazole rings is 1. The van der Waals surface area contributed by atoms with E-state index in [-0.39, 0.29) is 0 Å². The number of fused-ring (bicyclic) bond motifs is 1. The summed E-state index contributed by atoms with van der Waals surface area (Å²) in [4.78, 5) is 4.82. The van der Waals surface area contributed by atoms with Gasteiger partial charge in [0, 0.05) is 13.0 Å². The first-order valence-electron chi connectivity index (χ1n) is 7.81.